The van der Waals surface area contributed by atoms with Gasteiger partial charge in [-0.2, -0.15) is 0 Å². The van der Waals surface area contributed by atoms with Crippen LogP contribution in [0.5, 0.6) is 5.75 Å². The summed E-state index contributed by atoms with van der Waals surface area (Å²) in [7, 11) is 0. The molecule has 19 heavy (non-hydrogen) atoms. The number of nitrogens with one attached hydrogen (secondary N) is 2. The molecule has 0 atom stereocenters. The van der Waals surface area contributed by atoms with Crippen molar-refractivity contribution in [1.82, 2.24) is 10.6 Å². The van der Waals surface area contributed by atoms with Crippen LogP contribution >= 0.6 is 0 Å². The molecule has 108 valence electrons. The molecule has 1 rings (SSSR count). The Bertz CT molecular complexity index is 339. The minimum absolute atomic E-state index is 0.718. The number of hydrogen-bond donors (Lipinski definition) is 2. The fourth-order valence-corrected chi connectivity index (χ4v) is 1.90. The molecule has 0 saturated carbocycles. The van der Waals surface area contributed by atoms with Crippen molar-refractivity contribution in [2.45, 2.75) is 33.7 Å². The van der Waals surface area contributed by atoms with E-state index in [0.29, 0.717) is 0 Å². The van der Waals surface area contributed by atoms with Crippen LogP contribution in [0.15, 0.2) is 24.3 Å². The maximum atomic E-state index is 5.61. The summed E-state index contributed by atoms with van der Waals surface area (Å²) < 4.78 is 5.61. The molecule has 1 aromatic rings. The van der Waals surface area contributed by atoms with Crippen molar-refractivity contribution in [2.75, 3.05) is 26.2 Å². The molecule has 0 bridgehead atoms. The zero-order valence-electron chi connectivity index (χ0n) is 12.5. The Balaban J connectivity index is 2.15. The summed E-state index contributed by atoms with van der Waals surface area (Å²) in [6.07, 6.45) is 1.16. The van der Waals surface area contributed by atoms with Gasteiger partial charge in [0.2, 0.25) is 0 Å². The van der Waals surface area contributed by atoms with E-state index >= 15 is 0 Å². The molecule has 0 aliphatic rings. The summed E-state index contributed by atoms with van der Waals surface area (Å²) >= 11 is 0. The van der Waals surface area contributed by atoms with Crippen molar-refractivity contribution in [2.24, 2.45) is 5.92 Å². The van der Waals surface area contributed by atoms with Gasteiger partial charge in [-0.15, -0.1) is 0 Å². The molecule has 0 spiro atoms. The van der Waals surface area contributed by atoms with Gasteiger partial charge in [0.1, 0.15) is 5.75 Å². The van der Waals surface area contributed by atoms with Crippen LogP contribution in [0.25, 0.3) is 0 Å². The SMILES string of the molecule is CCOc1ccccc1CNCCCNCC(C)C. The highest BCUT2D eigenvalue weighted by molar-refractivity contribution is 5.33. The molecule has 0 aromatic heterocycles. The van der Waals surface area contributed by atoms with E-state index in [2.05, 4.69) is 36.6 Å². The molecular weight excluding hydrogens is 236 g/mol. The maximum absolute atomic E-state index is 5.61. The summed E-state index contributed by atoms with van der Waals surface area (Å²) in [5.74, 6) is 1.72. The van der Waals surface area contributed by atoms with Crippen LogP contribution in [0.3, 0.4) is 0 Å². The van der Waals surface area contributed by atoms with Gasteiger partial charge in [0, 0.05) is 12.1 Å². The molecule has 2 N–H and O–H groups in total. The molecule has 0 unspecified atom stereocenters. The zero-order chi connectivity index (χ0) is 13.9. The number of hydrogen-bond acceptors (Lipinski definition) is 3. The van der Waals surface area contributed by atoms with E-state index in [1.807, 2.05) is 19.1 Å². The topological polar surface area (TPSA) is 33.3 Å². The lowest BCUT2D eigenvalue weighted by Gasteiger charge is -2.11. The first-order valence-corrected chi connectivity index (χ1v) is 7.36. The fourth-order valence-electron chi connectivity index (χ4n) is 1.90. The van der Waals surface area contributed by atoms with Crippen molar-refractivity contribution in [3.05, 3.63) is 29.8 Å². The Morgan fingerprint density at radius 3 is 2.58 bits per heavy atom. The summed E-state index contributed by atoms with van der Waals surface area (Å²) in [6.45, 7) is 11.3. The van der Waals surface area contributed by atoms with Gasteiger partial charge in [-0.05, 0) is 45.0 Å². The van der Waals surface area contributed by atoms with E-state index in [1.165, 1.54) is 5.56 Å². The molecule has 0 amide bonds. The number of ether oxygens (including phenoxy) is 1. The van der Waals surface area contributed by atoms with Crippen LogP contribution in [-0.2, 0) is 6.54 Å². The quantitative estimate of drug-likeness (QED) is 0.638. The van der Waals surface area contributed by atoms with Gasteiger partial charge in [0.05, 0.1) is 6.61 Å². The molecular formula is C16H28N2O. The molecule has 3 heteroatoms. The average molecular weight is 264 g/mol. The molecule has 0 radical (unpaired) electrons. The summed E-state index contributed by atoms with van der Waals surface area (Å²) in [5.41, 5.74) is 1.24. The third-order valence-corrected chi connectivity index (χ3v) is 2.85. The predicted molar refractivity (Wildman–Crippen MR) is 81.6 cm³/mol. The van der Waals surface area contributed by atoms with E-state index in [0.717, 1.165) is 50.9 Å². The Kier molecular flexibility index (Phi) is 8.26. The lowest BCUT2D eigenvalue weighted by Crippen LogP contribution is -2.24. The summed E-state index contributed by atoms with van der Waals surface area (Å²) in [4.78, 5) is 0. The van der Waals surface area contributed by atoms with Gasteiger partial charge < -0.3 is 15.4 Å². The van der Waals surface area contributed by atoms with E-state index in [4.69, 9.17) is 4.74 Å². The van der Waals surface area contributed by atoms with Crippen LogP contribution in [0, 0.1) is 5.92 Å². The second-order valence-corrected chi connectivity index (χ2v) is 5.17. The Hall–Kier alpha value is -1.06. The van der Waals surface area contributed by atoms with E-state index < -0.39 is 0 Å². The molecule has 0 heterocycles. The largest absolute Gasteiger partial charge is 0.494 e. The number of para-hydroxylation sites is 1. The van der Waals surface area contributed by atoms with Crippen LogP contribution < -0.4 is 15.4 Å². The first kappa shape index (κ1) is 16.0. The first-order valence-electron chi connectivity index (χ1n) is 7.36. The predicted octanol–water partition coefficient (Wildman–Crippen LogP) is 2.81. The molecule has 0 aliphatic heterocycles. The average Bonchev–Trinajstić information content (AvgIpc) is 2.39. The van der Waals surface area contributed by atoms with E-state index in [1.54, 1.807) is 0 Å². The van der Waals surface area contributed by atoms with Crippen LogP contribution in [0.1, 0.15) is 32.8 Å². The third kappa shape index (κ3) is 7.19. The highest BCUT2D eigenvalue weighted by Gasteiger charge is 2.01. The smallest absolute Gasteiger partial charge is 0.123 e. The Morgan fingerprint density at radius 2 is 1.84 bits per heavy atom. The van der Waals surface area contributed by atoms with Crippen LogP contribution in [-0.4, -0.2) is 26.2 Å². The minimum atomic E-state index is 0.718. The monoisotopic (exact) mass is 264 g/mol. The Labute approximate surface area is 117 Å². The van der Waals surface area contributed by atoms with Gasteiger partial charge in [-0.25, -0.2) is 0 Å². The molecule has 0 saturated heterocycles. The van der Waals surface area contributed by atoms with Crippen molar-refractivity contribution >= 4 is 0 Å². The highest BCUT2D eigenvalue weighted by atomic mass is 16.5. The standard InChI is InChI=1S/C16H28N2O/c1-4-19-16-9-6-5-8-15(16)13-18-11-7-10-17-12-14(2)3/h5-6,8-9,14,17-18H,4,7,10-13H2,1-3H3. The maximum Gasteiger partial charge on any atom is 0.123 e. The summed E-state index contributed by atoms with van der Waals surface area (Å²) in [6, 6.07) is 8.23. The molecule has 1 aromatic carbocycles. The normalized spacial score (nSPS) is 10.9. The number of rotatable bonds is 10. The van der Waals surface area contributed by atoms with Crippen molar-refractivity contribution < 1.29 is 4.74 Å². The molecule has 0 fully saturated rings. The van der Waals surface area contributed by atoms with Gasteiger partial charge in [-0.1, -0.05) is 32.0 Å². The van der Waals surface area contributed by atoms with Gasteiger partial charge >= 0.3 is 0 Å². The van der Waals surface area contributed by atoms with Crippen molar-refractivity contribution in [3.8, 4) is 5.75 Å². The third-order valence-electron chi connectivity index (χ3n) is 2.85. The lowest BCUT2D eigenvalue weighted by atomic mass is 10.2. The first-order chi connectivity index (χ1) is 9.24. The lowest BCUT2D eigenvalue weighted by molar-refractivity contribution is 0.335. The van der Waals surface area contributed by atoms with Crippen LogP contribution in [0.2, 0.25) is 0 Å². The van der Waals surface area contributed by atoms with Crippen molar-refractivity contribution in [3.63, 3.8) is 0 Å². The molecule has 0 aliphatic carbocycles. The van der Waals surface area contributed by atoms with E-state index in [9.17, 15) is 0 Å². The highest BCUT2D eigenvalue weighted by Crippen LogP contribution is 2.17. The molecule has 3 nitrogen and oxygen atoms in total. The zero-order valence-corrected chi connectivity index (χ0v) is 12.5. The second kappa shape index (κ2) is 9.82. The second-order valence-electron chi connectivity index (χ2n) is 5.17. The van der Waals surface area contributed by atoms with Gasteiger partial charge in [0.25, 0.3) is 0 Å². The summed E-state index contributed by atoms with van der Waals surface area (Å²) in [5, 5.41) is 6.92. The minimum Gasteiger partial charge on any atom is -0.494 e. The van der Waals surface area contributed by atoms with Crippen LogP contribution in [0.4, 0.5) is 0 Å². The van der Waals surface area contributed by atoms with E-state index in [-0.39, 0.29) is 0 Å². The van der Waals surface area contributed by atoms with Gasteiger partial charge in [-0.3, -0.25) is 0 Å². The fraction of sp³-hybridized carbons (Fsp3) is 0.625. The van der Waals surface area contributed by atoms with Crippen molar-refractivity contribution in [1.29, 1.82) is 0 Å². The van der Waals surface area contributed by atoms with Gasteiger partial charge in [0.15, 0.2) is 0 Å². The number of benzene rings is 1. The Morgan fingerprint density at radius 1 is 1.11 bits per heavy atom.